The van der Waals surface area contributed by atoms with Gasteiger partial charge < -0.3 is 0 Å². The van der Waals surface area contributed by atoms with Gasteiger partial charge in [-0.1, -0.05) is 23.9 Å². The van der Waals surface area contributed by atoms with Crippen molar-refractivity contribution in [2.45, 2.75) is 32.5 Å². The molecule has 2 aromatic heterocycles. The predicted molar refractivity (Wildman–Crippen MR) is 105 cm³/mol. The van der Waals surface area contributed by atoms with Gasteiger partial charge >= 0.3 is 0 Å². The molecule has 0 amide bonds. The maximum atomic E-state index is 13.3. The zero-order valence-electron chi connectivity index (χ0n) is 14.7. The normalized spacial score (nSPS) is 12.3. The Morgan fingerprint density at radius 1 is 1.38 bits per heavy atom. The van der Waals surface area contributed by atoms with Gasteiger partial charge in [0.15, 0.2) is 5.16 Å². The van der Waals surface area contributed by atoms with Crippen LogP contribution in [0.15, 0.2) is 34.2 Å². The lowest BCUT2D eigenvalue weighted by atomic mass is 10.0. The zero-order valence-corrected chi connectivity index (χ0v) is 16.4. The van der Waals surface area contributed by atoms with Crippen molar-refractivity contribution in [3.63, 3.8) is 0 Å². The topological polar surface area (TPSA) is 58.7 Å². The van der Waals surface area contributed by atoms with Gasteiger partial charge in [-0.05, 0) is 38.5 Å². The number of thiophene rings is 1. The second kappa shape index (κ2) is 7.60. The van der Waals surface area contributed by atoms with Gasteiger partial charge in [-0.25, -0.2) is 9.37 Å². The molecule has 7 heteroatoms. The molecule has 0 saturated carbocycles. The Hall–Kier alpha value is -2.17. The number of rotatable bonds is 5. The predicted octanol–water partition coefficient (Wildman–Crippen LogP) is 4.84. The Morgan fingerprint density at radius 2 is 2.08 bits per heavy atom. The molecule has 1 atom stereocenters. The van der Waals surface area contributed by atoms with Gasteiger partial charge in [0.25, 0.3) is 5.56 Å². The summed E-state index contributed by atoms with van der Waals surface area (Å²) in [6, 6.07) is 8.38. The first-order valence-corrected chi connectivity index (χ1v) is 10.1. The largest absolute Gasteiger partial charge is 0.287 e. The number of thioether (sulfide) groups is 1. The summed E-state index contributed by atoms with van der Waals surface area (Å²) in [5, 5.41) is 10.2. The number of aryl methyl sites for hydroxylation is 1. The lowest BCUT2D eigenvalue weighted by Crippen LogP contribution is -2.22. The number of halogens is 1. The van der Waals surface area contributed by atoms with Crippen molar-refractivity contribution in [1.82, 2.24) is 9.55 Å². The quantitative estimate of drug-likeness (QED) is 0.464. The Kier molecular flexibility index (Phi) is 5.44. The van der Waals surface area contributed by atoms with Crippen LogP contribution in [0.1, 0.15) is 18.7 Å². The van der Waals surface area contributed by atoms with Crippen LogP contribution in [0.4, 0.5) is 4.39 Å². The van der Waals surface area contributed by atoms with E-state index in [1.54, 1.807) is 16.7 Å². The summed E-state index contributed by atoms with van der Waals surface area (Å²) in [6.07, 6.45) is 0. The van der Waals surface area contributed by atoms with Gasteiger partial charge in [0, 0.05) is 22.7 Å². The van der Waals surface area contributed by atoms with Gasteiger partial charge in [0.2, 0.25) is 0 Å². The minimum Gasteiger partial charge on any atom is -0.287 e. The summed E-state index contributed by atoms with van der Waals surface area (Å²) < 4.78 is 14.9. The highest BCUT2D eigenvalue weighted by Crippen LogP contribution is 2.36. The molecule has 4 nitrogen and oxygen atoms in total. The van der Waals surface area contributed by atoms with Crippen molar-refractivity contribution < 1.29 is 4.39 Å². The number of nitrogens with zero attached hydrogens (tertiary/aromatic N) is 3. The number of hydrogen-bond donors (Lipinski definition) is 0. The van der Waals surface area contributed by atoms with Gasteiger partial charge in [-0.15, -0.1) is 11.3 Å². The first-order valence-electron chi connectivity index (χ1n) is 8.28. The molecule has 0 unspecified atom stereocenters. The molecule has 0 N–H and O–H groups in total. The third-order valence-corrected chi connectivity index (χ3v) is 6.32. The molecule has 1 aromatic carbocycles. The van der Waals surface area contributed by atoms with Crippen molar-refractivity contribution >= 4 is 33.3 Å². The van der Waals surface area contributed by atoms with Gasteiger partial charge in [-0.2, -0.15) is 5.26 Å². The lowest BCUT2D eigenvalue weighted by Gasteiger charge is -2.11. The van der Waals surface area contributed by atoms with E-state index in [0.29, 0.717) is 27.7 Å². The number of fused-ring (bicyclic) bond motifs is 1. The van der Waals surface area contributed by atoms with Crippen molar-refractivity contribution in [2.24, 2.45) is 5.92 Å². The molecule has 2 heterocycles. The molecule has 0 spiro atoms. The minimum atomic E-state index is -0.305. The van der Waals surface area contributed by atoms with E-state index in [1.807, 2.05) is 20.8 Å². The fraction of sp³-hybridized carbons (Fsp3) is 0.316. The van der Waals surface area contributed by atoms with Crippen LogP contribution in [0.25, 0.3) is 21.3 Å². The van der Waals surface area contributed by atoms with Gasteiger partial charge in [0.1, 0.15) is 10.6 Å². The molecule has 134 valence electrons. The van der Waals surface area contributed by atoms with Crippen LogP contribution >= 0.6 is 23.1 Å². The zero-order chi connectivity index (χ0) is 18.8. The molecule has 0 saturated heterocycles. The smallest absolute Gasteiger partial charge is 0.263 e. The number of benzene rings is 1. The van der Waals surface area contributed by atoms with Gasteiger partial charge in [-0.3, -0.25) is 9.36 Å². The highest BCUT2D eigenvalue weighted by molar-refractivity contribution is 7.99. The van der Waals surface area contributed by atoms with E-state index in [1.165, 1.54) is 35.2 Å². The monoisotopic (exact) mass is 387 g/mol. The fourth-order valence-corrected chi connectivity index (χ4v) is 4.86. The van der Waals surface area contributed by atoms with Crippen LogP contribution in [-0.2, 0) is 6.54 Å². The molecular weight excluding hydrogens is 369 g/mol. The molecule has 0 bridgehead atoms. The summed E-state index contributed by atoms with van der Waals surface area (Å²) in [5.74, 6) is 0.168. The highest BCUT2D eigenvalue weighted by atomic mass is 32.2. The first-order chi connectivity index (χ1) is 12.5. The minimum absolute atomic E-state index is 0.0896. The van der Waals surface area contributed by atoms with E-state index >= 15 is 0 Å². The third kappa shape index (κ3) is 3.39. The van der Waals surface area contributed by atoms with E-state index in [4.69, 9.17) is 10.2 Å². The second-order valence-electron chi connectivity index (χ2n) is 6.01. The van der Waals surface area contributed by atoms with E-state index in [9.17, 15) is 9.18 Å². The maximum absolute atomic E-state index is 13.3. The van der Waals surface area contributed by atoms with E-state index in [0.717, 1.165) is 16.0 Å². The number of nitriles is 1. The number of hydrogen-bond acceptors (Lipinski definition) is 5. The van der Waals surface area contributed by atoms with Crippen molar-refractivity contribution in [2.75, 3.05) is 5.75 Å². The maximum Gasteiger partial charge on any atom is 0.263 e. The number of aromatic nitrogens is 2. The average Bonchev–Trinajstić information content (AvgIpc) is 2.96. The summed E-state index contributed by atoms with van der Waals surface area (Å²) in [5.41, 5.74) is 1.55. The molecule has 0 radical (unpaired) electrons. The Bertz CT molecular complexity index is 1050. The van der Waals surface area contributed by atoms with Crippen molar-refractivity contribution in [3.05, 3.63) is 45.3 Å². The van der Waals surface area contributed by atoms with E-state index in [2.05, 4.69) is 6.07 Å². The summed E-state index contributed by atoms with van der Waals surface area (Å²) >= 11 is 2.90. The van der Waals surface area contributed by atoms with Crippen LogP contribution in [0, 0.1) is 30.0 Å². The molecule has 3 rings (SSSR count). The lowest BCUT2D eigenvalue weighted by molar-refractivity contribution is 0.628. The molecule has 26 heavy (non-hydrogen) atoms. The first kappa shape index (κ1) is 18.6. The second-order valence-corrected chi connectivity index (χ2v) is 8.20. The van der Waals surface area contributed by atoms with Crippen LogP contribution < -0.4 is 5.56 Å². The van der Waals surface area contributed by atoms with Crippen LogP contribution in [-0.4, -0.2) is 15.3 Å². The average molecular weight is 388 g/mol. The van der Waals surface area contributed by atoms with Crippen molar-refractivity contribution in [3.8, 4) is 17.2 Å². The van der Waals surface area contributed by atoms with Crippen molar-refractivity contribution in [1.29, 1.82) is 5.26 Å². The fourth-order valence-electron chi connectivity index (χ4n) is 2.77. The van der Waals surface area contributed by atoms with Crippen LogP contribution in [0.3, 0.4) is 0 Å². The molecule has 3 aromatic rings. The Balaban J connectivity index is 2.19. The SMILES string of the molecule is CCn1c(SC[C@H](C)C#N)nc2sc(C)c(-c3ccc(F)cc3)c2c1=O. The van der Waals surface area contributed by atoms with Crippen LogP contribution in [0.5, 0.6) is 0 Å². The summed E-state index contributed by atoms with van der Waals surface area (Å²) in [7, 11) is 0. The Morgan fingerprint density at radius 3 is 2.69 bits per heavy atom. The Labute approximate surface area is 159 Å². The molecule has 0 fully saturated rings. The molecular formula is C19H18FN3OS2. The van der Waals surface area contributed by atoms with E-state index < -0.39 is 0 Å². The van der Waals surface area contributed by atoms with Crippen LogP contribution in [0.2, 0.25) is 0 Å². The standard InChI is InChI=1S/C19H18FN3OS2/c1-4-23-18(24)16-15(13-5-7-14(20)8-6-13)12(3)26-17(16)22-19(23)25-10-11(2)9-21/h5-8,11H,4,10H2,1-3H3/t11-/m1/s1. The molecule has 0 aliphatic carbocycles. The van der Waals surface area contributed by atoms with Gasteiger partial charge in [0.05, 0.1) is 17.4 Å². The molecule has 0 aliphatic rings. The van der Waals surface area contributed by atoms with E-state index in [-0.39, 0.29) is 17.3 Å². The third-order valence-electron chi connectivity index (χ3n) is 4.08. The summed E-state index contributed by atoms with van der Waals surface area (Å²) in [6.45, 7) is 6.21. The molecule has 0 aliphatic heterocycles. The summed E-state index contributed by atoms with van der Waals surface area (Å²) in [4.78, 5) is 19.5. The highest BCUT2D eigenvalue weighted by Gasteiger charge is 2.20.